The largest absolute Gasteiger partial charge is 0.497 e. The first-order valence-electron chi connectivity index (χ1n) is 11.7. The second-order valence-corrected chi connectivity index (χ2v) is 8.59. The van der Waals surface area contributed by atoms with E-state index in [2.05, 4.69) is 10.6 Å². The standard InChI is InChI=1S/C28H31N3O4/c1-34-24-15-23(16-25(17-24)35-2)30-27(32)22-13-14-26(21-11-7-4-8-12-21)31(19-22)28(33)29-18-20-9-5-3-6-10-20/h3-12,15-17,22,26H,13-14,18-19H2,1-2H3,(H,29,33)(H,30,32). The van der Waals surface area contributed by atoms with Crippen molar-refractivity contribution in [2.45, 2.75) is 25.4 Å². The van der Waals surface area contributed by atoms with Crippen molar-refractivity contribution in [1.29, 1.82) is 0 Å². The Morgan fingerprint density at radius 3 is 2.14 bits per heavy atom. The molecule has 2 unspecified atom stereocenters. The van der Waals surface area contributed by atoms with Crippen molar-refractivity contribution in [3.8, 4) is 11.5 Å². The molecule has 1 aliphatic heterocycles. The fraction of sp³-hybridized carbons (Fsp3) is 0.286. The van der Waals surface area contributed by atoms with Gasteiger partial charge in [-0.15, -0.1) is 0 Å². The minimum atomic E-state index is -0.338. The Morgan fingerprint density at radius 1 is 0.886 bits per heavy atom. The first-order chi connectivity index (χ1) is 17.1. The first kappa shape index (κ1) is 24.1. The molecular formula is C28H31N3O4. The Balaban J connectivity index is 1.49. The number of urea groups is 1. The Kier molecular flexibility index (Phi) is 7.88. The zero-order valence-corrected chi connectivity index (χ0v) is 20.1. The molecule has 1 fully saturated rings. The van der Waals surface area contributed by atoms with E-state index in [1.165, 1.54) is 0 Å². The number of carbonyl (C=O) groups is 2. The lowest BCUT2D eigenvalue weighted by Crippen LogP contribution is -2.49. The van der Waals surface area contributed by atoms with Gasteiger partial charge in [0.05, 0.1) is 26.2 Å². The lowest BCUT2D eigenvalue weighted by Gasteiger charge is -2.39. The van der Waals surface area contributed by atoms with Crippen molar-refractivity contribution in [3.05, 3.63) is 90.0 Å². The molecule has 2 N–H and O–H groups in total. The highest BCUT2D eigenvalue weighted by Crippen LogP contribution is 2.34. The molecule has 0 radical (unpaired) electrons. The molecule has 2 atom stereocenters. The highest BCUT2D eigenvalue weighted by molar-refractivity contribution is 5.93. The summed E-state index contributed by atoms with van der Waals surface area (Å²) in [6, 6.07) is 24.8. The van der Waals surface area contributed by atoms with Crippen LogP contribution in [-0.4, -0.2) is 37.6 Å². The highest BCUT2D eigenvalue weighted by atomic mass is 16.5. The van der Waals surface area contributed by atoms with E-state index >= 15 is 0 Å². The molecule has 7 heteroatoms. The second kappa shape index (κ2) is 11.4. The van der Waals surface area contributed by atoms with Gasteiger partial charge in [0.1, 0.15) is 11.5 Å². The third kappa shape index (κ3) is 6.12. The van der Waals surface area contributed by atoms with E-state index in [1.54, 1.807) is 37.3 Å². The van der Waals surface area contributed by atoms with Crippen LogP contribution in [0.25, 0.3) is 0 Å². The van der Waals surface area contributed by atoms with Crippen LogP contribution < -0.4 is 20.1 Å². The van der Waals surface area contributed by atoms with Crippen LogP contribution in [0.5, 0.6) is 11.5 Å². The van der Waals surface area contributed by atoms with E-state index < -0.39 is 0 Å². The van der Waals surface area contributed by atoms with Gasteiger partial charge in [0.2, 0.25) is 5.91 Å². The van der Waals surface area contributed by atoms with Crippen LogP contribution in [-0.2, 0) is 11.3 Å². The van der Waals surface area contributed by atoms with Gasteiger partial charge in [-0.1, -0.05) is 60.7 Å². The molecular weight excluding hydrogens is 442 g/mol. The van der Waals surface area contributed by atoms with Crippen LogP contribution in [0.15, 0.2) is 78.9 Å². The summed E-state index contributed by atoms with van der Waals surface area (Å²) in [7, 11) is 3.13. The molecule has 7 nitrogen and oxygen atoms in total. The zero-order chi connectivity index (χ0) is 24.6. The average Bonchev–Trinajstić information content (AvgIpc) is 2.92. The predicted octanol–water partition coefficient (Wildman–Crippen LogP) is 5.01. The van der Waals surface area contributed by atoms with Crippen LogP contribution >= 0.6 is 0 Å². The SMILES string of the molecule is COc1cc(NC(=O)C2CCC(c3ccccc3)N(C(=O)NCc3ccccc3)C2)cc(OC)c1. The highest BCUT2D eigenvalue weighted by Gasteiger charge is 2.35. The number of nitrogens with one attached hydrogen (secondary N) is 2. The molecule has 1 heterocycles. The third-order valence-corrected chi connectivity index (χ3v) is 6.30. The van der Waals surface area contributed by atoms with Gasteiger partial charge in [-0.05, 0) is 24.0 Å². The minimum absolute atomic E-state index is 0.0899. The van der Waals surface area contributed by atoms with Gasteiger partial charge in [0, 0.05) is 37.0 Å². The number of anilines is 1. The van der Waals surface area contributed by atoms with Crippen molar-refractivity contribution >= 4 is 17.6 Å². The summed E-state index contributed by atoms with van der Waals surface area (Å²) in [6.45, 7) is 0.755. The fourth-order valence-electron chi connectivity index (χ4n) is 4.43. The number of benzene rings is 3. The van der Waals surface area contributed by atoms with Gasteiger partial charge in [0.15, 0.2) is 0 Å². The van der Waals surface area contributed by atoms with Crippen LogP contribution in [0.2, 0.25) is 0 Å². The molecule has 3 amide bonds. The molecule has 3 aromatic rings. The van der Waals surface area contributed by atoms with E-state index in [9.17, 15) is 9.59 Å². The number of hydrogen-bond acceptors (Lipinski definition) is 4. The monoisotopic (exact) mass is 473 g/mol. The summed E-state index contributed by atoms with van der Waals surface area (Å²) in [4.78, 5) is 28.3. The number of rotatable bonds is 7. The van der Waals surface area contributed by atoms with Crippen molar-refractivity contribution in [3.63, 3.8) is 0 Å². The van der Waals surface area contributed by atoms with E-state index in [4.69, 9.17) is 9.47 Å². The number of amides is 3. The Morgan fingerprint density at radius 2 is 1.51 bits per heavy atom. The van der Waals surface area contributed by atoms with Crippen molar-refractivity contribution in [2.24, 2.45) is 5.92 Å². The smallest absolute Gasteiger partial charge is 0.318 e. The normalized spacial score (nSPS) is 17.4. The molecule has 35 heavy (non-hydrogen) atoms. The van der Waals surface area contributed by atoms with E-state index in [0.29, 0.717) is 43.1 Å². The van der Waals surface area contributed by atoms with Gasteiger partial charge in [-0.25, -0.2) is 4.79 Å². The van der Waals surface area contributed by atoms with Gasteiger partial charge in [-0.3, -0.25) is 4.79 Å². The summed E-state index contributed by atoms with van der Waals surface area (Å²) in [5, 5.41) is 6.01. The average molecular weight is 474 g/mol. The number of nitrogens with zero attached hydrogens (tertiary/aromatic N) is 1. The maximum atomic E-state index is 13.3. The fourth-order valence-corrected chi connectivity index (χ4v) is 4.43. The molecule has 0 saturated carbocycles. The number of ether oxygens (including phenoxy) is 2. The molecule has 0 spiro atoms. The summed E-state index contributed by atoms with van der Waals surface area (Å²) in [6.07, 6.45) is 1.37. The molecule has 0 bridgehead atoms. The number of piperidine rings is 1. The Hall–Kier alpha value is -4.00. The van der Waals surface area contributed by atoms with Crippen LogP contribution in [0.1, 0.15) is 30.0 Å². The first-order valence-corrected chi connectivity index (χ1v) is 11.7. The molecule has 3 aromatic carbocycles. The summed E-state index contributed by atoms with van der Waals surface area (Å²) < 4.78 is 10.6. The number of hydrogen-bond donors (Lipinski definition) is 2. The summed E-state index contributed by atoms with van der Waals surface area (Å²) in [5.74, 6) is 0.714. The third-order valence-electron chi connectivity index (χ3n) is 6.30. The summed E-state index contributed by atoms with van der Waals surface area (Å²) >= 11 is 0. The molecule has 1 aliphatic rings. The molecule has 4 rings (SSSR count). The molecule has 0 aliphatic carbocycles. The van der Waals surface area contributed by atoms with Crippen molar-refractivity contribution in [2.75, 3.05) is 26.1 Å². The minimum Gasteiger partial charge on any atom is -0.497 e. The lowest BCUT2D eigenvalue weighted by molar-refractivity contribution is -0.121. The summed E-state index contributed by atoms with van der Waals surface area (Å²) in [5.41, 5.74) is 2.69. The van der Waals surface area contributed by atoms with Crippen LogP contribution in [0.4, 0.5) is 10.5 Å². The van der Waals surface area contributed by atoms with E-state index in [-0.39, 0.29) is 23.9 Å². The van der Waals surface area contributed by atoms with E-state index in [1.807, 2.05) is 60.7 Å². The van der Waals surface area contributed by atoms with Gasteiger partial charge in [-0.2, -0.15) is 0 Å². The Bertz CT molecular complexity index is 1120. The lowest BCUT2D eigenvalue weighted by atomic mass is 9.88. The predicted molar refractivity (Wildman–Crippen MR) is 135 cm³/mol. The van der Waals surface area contributed by atoms with Gasteiger partial charge < -0.3 is 25.0 Å². The zero-order valence-electron chi connectivity index (χ0n) is 20.1. The maximum absolute atomic E-state index is 13.3. The molecule has 0 aromatic heterocycles. The maximum Gasteiger partial charge on any atom is 0.318 e. The van der Waals surface area contributed by atoms with Crippen molar-refractivity contribution in [1.82, 2.24) is 10.2 Å². The number of carbonyl (C=O) groups excluding carboxylic acids is 2. The topological polar surface area (TPSA) is 79.9 Å². The van der Waals surface area contributed by atoms with Crippen LogP contribution in [0, 0.1) is 5.92 Å². The van der Waals surface area contributed by atoms with Crippen molar-refractivity contribution < 1.29 is 19.1 Å². The number of methoxy groups -OCH3 is 2. The van der Waals surface area contributed by atoms with Crippen LogP contribution in [0.3, 0.4) is 0 Å². The Labute approximate surface area is 206 Å². The van der Waals surface area contributed by atoms with E-state index in [0.717, 1.165) is 11.1 Å². The molecule has 182 valence electrons. The van der Waals surface area contributed by atoms with Gasteiger partial charge >= 0.3 is 6.03 Å². The number of likely N-dealkylation sites (tertiary alicyclic amines) is 1. The van der Waals surface area contributed by atoms with Gasteiger partial charge in [0.25, 0.3) is 0 Å². The molecule has 1 saturated heterocycles. The second-order valence-electron chi connectivity index (χ2n) is 8.59. The quantitative estimate of drug-likeness (QED) is 0.506.